The number of benzene rings is 1. The standard InChI is InChI=1S/C14H19NO5S/c1-9-6-12(7-10(2)19-9)20-14(16)11-4-3-5-13(8-11)21(15,17)18/h3-5,8-10,12H,6-7H2,1-2H3,(H2,15,17,18). The van der Waals surface area contributed by atoms with Crippen molar-refractivity contribution in [3.05, 3.63) is 29.8 Å². The normalized spacial score (nSPS) is 26.3. The molecule has 116 valence electrons. The Balaban J connectivity index is 2.10. The zero-order valence-corrected chi connectivity index (χ0v) is 12.8. The van der Waals surface area contributed by atoms with Crippen LogP contribution in [0.1, 0.15) is 37.0 Å². The van der Waals surface area contributed by atoms with Crippen LogP contribution >= 0.6 is 0 Å². The molecule has 7 heteroatoms. The maximum Gasteiger partial charge on any atom is 0.338 e. The first kappa shape index (κ1) is 15.9. The number of hydrogen-bond acceptors (Lipinski definition) is 5. The fourth-order valence-electron chi connectivity index (χ4n) is 2.46. The van der Waals surface area contributed by atoms with Gasteiger partial charge in [-0.1, -0.05) is 6.07 Å². The van der Waals surface area contributed by atoms with Crippen LogP contribution in [0.25, 0.3) is 0 Å². The van der Waals surface area contributed by atoms with Gasteiger partial charge in [0, 0.05) is 12.8 Å². The van der Waals surface area contributed by atoms with Gasteiger partial charge in [-0.05, 0) is 32.0 Å². The summed E-state index contributed by atoms with van der Waals surface area (Å²) in [5.74, 6) is -0.549. The summed E-state index contributed by atoms with van der Waals surface area (Å²) in [6, 6.07) is 5.53. The van der Waals surface area contributed by atoms with Gasteiger partial charge >= 0.3 is 5.97 Å². The van der Waals surface area contributed by atoms with Gasteiger partial charge in [0.1, 0.15) is 6.10 Å². The van der Waals surface area contributed by atoms with E-state index >= 15 is 0 Å². The molecule has 2 N–H and O–H groups in total. The Morgan fingerprint density at radius 2 is 1.90 bits per heavy atom. The van der Waals surface area contributed by atoms with Crippen LogP contribution in [0.15, 0.2) is 29.2 Å². The van der Waals surface area contributed by atoms with Gasteiger partial charge < -0.3 is 9.47 Å². The van der Waals surface area contributed by atoms with Gasteiger partial charge in [0.05, 0.1) is 22.7 Å². The number of sulfonamides is 1. The fourth-order valence-corrected chi connectivity index (χ4v) is 3.02. The Labute approximate surface area is 124 Å². The molecule has 0 aliphatic carbocycles. The van der Waals surface area contributed by atoms with Crippen molar-refractivity contribution >= 4 is 16.0 Å². The maximum atomic E-state index is 12.1. The maximum absolute atomic E-state index is 12.1. The second kappa shape index (κ2) is 6.13. The number of hydrogen-bond donors (Lipinski definition) is 1. The fraction of sp³-hybridized carbons (Fsp3) is 0.500. The van der Waals surface area contributed by atoms with Crippen molar-refractivity contribution in [3.63, 3.8) is 0 Å². The molecule has 1 fully saturated rings. The largest absolute Gasteiger partial charge is 0.459 e. The number of nitrogens with two attached hydrogens (primary N) is 1. The molecule has 1 aliphatic heterocycles. The molecular weight excluding hydrogens is 294 g/mol. The van der Waals surface area contributed by atoms with Gasteiger partial charge in [0.2, 0.25) is 10.0 Å². The second-order valence-corrected chi connectivity index (χ2v) is 6.89. The number of rotatable bonds is 3. The summed E-state index contributed by atoms with van der Waals surface area (Å²) in [4.78, 5) is 12.0. The van der Waals surface area contributed by atoms with E-state index in [4.69, 9.17) is 14.6 Å². The molecule has 2 rings (SSSR count). The first-order valence-electron chi connectivity index (χ1n) is 6.75. The number of primary sulfonamides is 1. The summed E-state index contributed by atoms with van der Waals surface area (Å²) in [5, 5.41) is 5.05. The summed E-state index contributed by atoms with van der Waals surface area (Å²) < 4.78 is 33.6. The van der Waals surface area contributed by atoms with Gasteiger partial charge in [-0.3, -0.25) is 0 Å². The summed E-state index contributed by atoms with van der Waals surface area (Å²) in [5.41, 5.74) is 0.174. The lowest BCUT2D eigenvalue weighted by molar-refractivity contribution is -0.0855. The molecule has 0 saturated carbocycles. The van der Waals surface area contributed by atoms with Crippen LogP contribution in [-0.2, 0) is 19.5 Å². The van der Waals surface area contributed by atoms with Crippen molar-refractivity contribution in [1.29, 1.82) is 0 Å². The Hall–Kier alpha value is -1.44. The van der Waals surface area contributed by atoms with Crippen molar-refractivity contribution in [3.8, 4) is 0 Å². The molecule has 0 bridgehead atoms. The quantitative estimate of drug-likeness (QED) is 0.852. The highest BCUT2D eigenvalue weighted by atomic mass is 32.2. The van der Waals surface area contributed by atoms with E-state index in [-0.39, 0.29) is 28.8 Å². The highest BCUT2D eigenvalue weighted by Gasteiger charge is 2.27. The van der Waals surface area contributed by atoms with Crippen molar-refractivity contribution in [2.45, 2.75) is 49.9 Å². The first-order chi connectivity index (χ1) is 9.75. The molecule has 1 heterocycles. The molecule has 1 aliphatic rings. The Morgan fingerprint density at radius 1 is 1.29 bits per heavy atom. The number of esters is 1. The first-order valence-corrected chi connectivity index (χ1v) is 8.29. The van der Waals surface area contributed by atoms with E-state index < -0.39 is 16.0 Å². The number of carbonyl (C=O) groups excluding carboxylic acids is 1. The molecule has 2 unspecified atom stereocenters. The van der Waals surface area contributed by atoms with Gasteiger partial charge in [0.15, 0.2) is 0 Å². The monoisotopic (exact) mass is 313 g/mol. The molecule has 2 atom stereocenters. The molecule has 0 aromatic heterocycles. The Morgan fingerprint density at radius 3 is 2.48 bits per heavy atom. The van der Waals surface area contributed by atoms with Crippen molar-refractivity contribution in [2.24, 2.45) is 5.14 Å². The van der Waals surface area contributed by atoms with E-state index in [0.717, 1.165) is 0 Å². The van der Waals surface area contributed by atoms with Gasteiger partial charge in [-0.15, -0.1) is 0 Å². The average molecular weight is 313 g/mol. The Bertz CT molecular complexity index is 618. The highest BCUT2D eigenvalue weighted by Crippen LogP contribution is 2.23. The van der Waals surface area contributed by atoms with Crippen LogP contribution in [0.2, 0.25) is 0 Å². The number of ether oxygens (including phenoxy) is 2. The molecule has 21 heavy (non-hydrogen) atoms. The van der Waals surface area contributed by atoms with E-state index in [1.54, 1.807) is 0 Å². The third-order valence-corrected chi connectivity index (χ3v) is 4.24. The summed E-state index contributed by atoms with van der Waals surface area (Å²) in [6.45, 7) is 3.86. The van der Waals surface area contributed by atoms with Crippen molar-refractivity contribution in [1.82, 2.24) is 0 Å². The van der Waals surface area contributed by atoms with Gasteiger partial charge in [0.25, 0.3) is 0 Å². The third kappa shape index (κ3) is 4.26. The van der Waals surface area contributed by atoms with Crippen molar-refractivity contribution in [2.75, 3.05) is 0 Å². The zero-order valence-electron chi connectivity index (χ0n) is 12.0. The summed E-state index contributed by atoms with van der Waals surface area (Å²) in [6.07, 6.45) is 1.09. The number of carbonyl (C=O) groups is 1. The summed E-state index contributed by atoms with van der Waals surface area (Å²) in [7, 11) is -3.84. The van der Waals surface area contributed by atoms with Gasteiger partial charge in [-0.2, -0.15) is 0 Å². The minimum Gasteiger partial charge on any atom is -0.459 e. The van der Waals surface area contributed by atoms with E-state index in [1.165, 1.54) is 24.3 Å². The highest BCUT2D eigenvalue weighted by molar-refractivity contribution is 7.89. The zero-order chi connectivity index (χ0) is 15.6. The lowest BCUT2D eigenvalue weighted by Gasteiger charge is -2.31. The second-order valence-electron chi connectivity index (χ2n) is 5.33. The Kier molecular flexibility index (Phi) is 4.65. The van der Waals surface area contributed by atoms with Crippen LogP contribution in [0.3, 0.4) is 0 Å². The lowest BCUT2D eigenvalue weighted by atomic mass is 10.0. The predicted molar refractivity (Wildman–Crippen MR) is 76.3 cm³/mol. The van der Waals surface area contributed by atoms with Crippen LogP contribution in [0.4, 0.5) is 0 Å². The van der Waals surface area contributed by atoms with Crippen molar-refractivity contribution < 1.29 is 22.7 Å². The molecule has 0 spiro atoms. The van der Waals surface area contributed by atoms with Crippen LogP contribution in [0.5, 0.6) is 0 Å². The predicted octanol–water partition coefficient (Wildman–Crippen LogP) is 1.45. The van der Waals surface area contributed by atoms with E-state index in [9.17, 15) is 13.2 Å². The third-order valence-electron chi connectivity index (χ3n) is 3.33. The average Bonchev–Trinajstić information content (AvgIpc) is 2.36. The minimum atomic E-state index is -3.84. The van der Waals surface area contributed by atoms with Gasteiger partial charge in [-0.25, -0.2) is 18.4 Å². The van der Waals surface area contributed by atoms with Crippen LogP contribution in [0, 0.1) is 0 Å². The van der Waals surface area contributed by atoms with E-state index in [0.29, 0.717) is 12.8 Å². The molecular formula is C14H19NO5S. The summed E-state index contributed by atoms with van der Waals surface area (Å²) >= 11 is 0. The van der Waals surface area contributed by atoms with E-state index in [2.05, 4.69) is 0 Å². The van der Waals surface area contributed by atoms with E-state index in [1.807, 2.05) is 13.8 Å². The molecule has 1 aromatic carbocycles. The molecule has 0 radical (unpaired) electrons. The molecule has 0 amide bonds. The molecule has 1 aromatic rings. The molecule has 6 nitrogen and oxygen atoms in total. The van der Waals surface area contributed by atoms with Crippen LogP contribution in [-0.4, -0.2) is 32.7 Å². The smallest absolute Gasteiger partial charge is 0.338 e. The molecule has 1 saturated heterocycles. The SMILES string of the molecule is CC1CC(OC(=O)c2cccc(S(N)(=O)=O)c2)CC(C)O1. The van der Waals surface area contributed by atoms with Crippen LogP contribution < -0.4 is 5.14 Å². The lowest BCUT2D eigenvalue weighted by Crippen LogP contribution is -2.35. The minimum absolute atomic E-state index is 0.0299. The topological polar surface area (TPSA) is 95.7 Å².